The van der Waals surface area contributed by atoms with Gasteiger partial charge in [-0.05, 0) is 66.0 Å². The van der Waals surface area contributed by atoms with Crippen LogP contribution < -0.4 is 10.5 Å². The molecule has 9 heteroatoms. The van der Waals surface area contributed by atoms with Gasteiger partial charge in [0, 0.05) is 18.1 Å². The Bertz CT molecular complexity index is 787. The van der Waals surface area contributed by atoms with E-state index in [-0.39, 0.29) is 22.7 Å². The van der Waals surface area contributed by atoms with E-state index in [1.165, 1.54) is 6.07 Å². The Morgan fingerprint density at radius 2 is 2.07 bits per heavy atom. The Morgan fingerprint density at radius 3 is 2.67 bits per heavy atom. The van der Waals surface area contributed by atoms with Crippen LogP contribution in [0.2, 0.25) is 0 Å². The number of sulfonamides is 1. The fraction of sp³-hybridized carbons (Fsp3) is 0.667. The van der Waals surface area contributed by atoms with Crippen molar-refractivity contribution in [3.05, 3.63) is 18.2 Å². The number of ether oxygens (including phenoxy) is 1. The monoisotopic (exact) mass is 398 g/mol. The number of hydrogen-bond donors (Lipinski definition) is 2. The predicted molar refractivity (Wildman–Crippen MR) is 104 cm³/mol. The van der Waals surface area contributed by atoms with Gasteiger partial charge in [0.1, 0.15) is 11.4 Å². The standard InChI is InChI=1S/C18H30N4O4S/c1-17(2,3)26-16(23)22-13(9-11-18(22,4)5)10-12-20-14-7-6-8-15(21-14)27(19,24)25/h6-8,13H,9-12H2,1-5H3,(H,20,21)(H2,19,24,25)/t13-/m0/s1. The van der Waals surface area contributed by atoms with Crippen LogP contribution in [0.4, 0.5) is 10.6 Å². The average molecular weight is 399 g/mol. The van der Waals surface area contributed by atoms with Gasteiger partial charge in [-0.25, -0.2) is 23.3 Å². The molecule has 152 valence electrons. The number of nitrogens with zero attached hydrogens (tertiary/aromatic N) is 2. The van der Waals surface area contributed by atoms with E-state index in [0.717, 1.165) is 12.8 Å². The van der Waals surface area contributed by atoms with Gasteiger partial charge in [0.15, 0.2) is 5.03 Å². The number of aromatic nitrogens is 1. The maximum absolute atomic E-state index is 12.7. The number of nitrogens with two attached hydrogens (primary N) is 1. The number of primary sulfonamides is 1. The molecule has 1 amide bonds. The summed E-state index contributed by atoms with van der Waals surface area (Å²) in [5, 5.41) is 8.04. The number of carbonyl (C=O) groups excluding carboxylic acids is 1. The third-order valence-electron chi connectivity index (χ3n) is 4.50. The summed E-state index contributed by atoms with van der Waals surface area (Å²) < 4.78 is 28.4. The third kappa shape index (κ3) is 5.80. The van der Waals surface area contributed by atoms with Crippen molar-refractivity contribution in [1.82, 2.24) is 9.88 Å². The zero-order valence-electron chi connectivity index (χ0n) is 16.7. The van der Waals surface area contributed by atoms with E-state index in [0.29, 0.717) is 18.8 Å². The molecule has 1 fully saturated rings. The summed E-state index contributed by atoms with van der Waals surface area (Å²) in [5.74, 6) is 0.433. The first-order valence-electron chi connectivity index (χ1n) is 9.06. The molecular formula is C18H30N4O4S. The van der Waals surface area contributed by atoms with Gasteiger partial charge < -0.3 is 15.0 Å². The second-order valence-corrected chi connectivity index (χ2v) is 9.99. The van der Waals surface area contributed by atoms with Gasteiger partial charge >= 0.3 is 6.09 Å². The normalized spacial score (nSPS) is 19.8. The molecule has 0 radical (unpaired) electrons. The van der Waals surface area contributed by atoms with Crippen LogP contribution in [0, 0.1) is 0 Å². The Labute approximate surface area is 161 Å². The first-order valence-corrected chi connectivity index (χ1v) is 10.6. The minimum atomic E-state index is -3.84. The van der Waals surface area contributed by atoms with Gasteiger partial charge in [-0.3, -0.25) is 0 Å². The van der Waals surface area contributed by atoms with Crippen molar-refractivity contribution in [3.63, 3.8) is 0 Å². The molecule has 1 atom stereocenters. The van der Waals surface area contributed by atoms with E-state index < -0.39 is 15.6 Å². The van der Waals surface area contributed by atoms with Crippen LogP contribution in [0.25, 0.3) is 0 Å². The molecule has 1 saturated heterocycles. The third-order valence-corrected chi connectivity index (χ3v) is 5.31. The Kier molecular flexibility index (Phi) is 6.06. The number of nitrogens with one attached hydrogen (secondary N) is 1. The van der Waals surface area contributed by atoms with Crippen molar-refractivity contribution in [1.29, 1.82) is 0 Å². The molecule has 2 heterocycles. The second kappa shape index (κ2) is 7.63. The first kappa shape index (κ1) is 21.4. The van der Waals surface area contributed by atoms with Crippen LogP contribution in [0.3, 0.4) is 0 Å². The molecule has 0 aromatic carbocycles. The molecule has 0 aliphatic carbocycles. The van der Waals surface area contributed by atoms with Crippen LogP contribution in [0.5, 0.6) is 0 Å². The number of anilines is 1. The van der Waals surface area contributed by atoms with Gasteiger partial charge in [-0.1, -0.05) is 6.07 Å². The zero-order valence-corrected chi connectivity index (χ0v) is 17.5. The maximum Gasteiger partial charge on any atom is 0.410 e. The summed E-state index contributed by atoms with van der Waals surface area (Å²) in [6.07, 6.45) is 2.18. The van der Waals surface area contributed by atoms with Gasteiger partial charge in [0.25, 0.3) is 10.0 Å². The lowest BCUT2D eigenvalue weighted by Crippen LogP contribution is -2.49. The Morgan fingerprint density at radius 1 is 1.41 bits per heavy atom. The molecule has 1 aromatic heterocycles. The Balaban J connectivity index is 2.01. The molecule has 0 bridgehead atoms. The van der Waals surface area contributed by atoms with Crippen LogP contribution >= 0.6 is 0 Å². The maximum atomic E-state index is 12.7. The molecule has 0 saturated carbocycles. The highest BCUT2D eigenvalue weighted by Gasteiger charge is 2.43. The fourth-order valence-corrected chi connectivity index (χ4v) is 3.78. The molecule has 0 spiro atoms. The molecule has 1 aromatic rings. The van der Waals surface area contributed by atoms with Crippen LogP contribution in [-0.4, -0.2) is 48.1 Å². The van der Waals surface area contributed by atoms with Crippen molar-refractivity contribution in [2.75, 3.05) is 11.9 Å². The quantitative estimate of drug-likeness (QED) is 0.788. The molecule has 3 N–H and O–H groups in total. The van der Waals surface area contributed by atoms with Crippen LogP contribution in [0.15, 0.2) is 23.2 Å². The largest absolute Gasteiger partial charge is 0.444 e. The lowest BCUT2D eigenvalue weighted by molar-refractivity contribution is 0.00337. The SMILES string of the molecule is CC(C)(C)OC(=O)N1[C@H](CCNc2cccc(S(N)(=O)=O)n2)CCC1(C)C. The molecule has 1 aliphatic rings. The highest BCUT2D eigenvalue weighted by atomic mass is 32.2. The van der Waals surface area contributed by atoms with Crippen molar-refractivity contribution in [3.8, 4) is 0 Å². The topological polar surface area (TPSA) is 115 Å². The summed E-state index contributed by atoms with van der Waals surface area (Å²) >= 11 is 0. The number of hydrogen-bond acceptors (Lipinski definition) is 6. The number of carbonyl (C=O) groups is 1. The summed E-state index contributed by atoms with van der Waals surface area (Å²) in [6, 6.07) is 4.66. The molecule has 8 nitrogen and oxygen atoms in total. The minimum Gasteiger partial charge on any atom is -0.444 e. The molecule has 2 rings (SSSR count). The highest BCUT2D eigenvalue weighted by Crippen LogP contribution is 2.36. The van der Waals surface area contributed by atoms with E-state index in [4.69, 9.17) is 9.88 Å². The van der Waals surface area contributed by atoms with Gasteiger partial charge in [0.2, 0.25) is 0 Å². The zero-order chi connectivity index (χ0) is 20.5. The van der Waals surface area contributed by atoms with E-state index >= 15 is 0 Å². The number of pyridine rings is 1. The number of amides is 1. The summed E-state index contributed by atoms with van der Waals surface area (Å²) in [4.78, 5) is 18.5. The molecule has 0 unspecified atom stereocenters. The Hall–Kier alpha value is -1.87. The molecule has 1 aliphatic heterocycles. The summed E-state index contributed by atoms with van der Waals surface area (Å²) in [7, 11) is -3.84. The van der Waals surface area contributed by atoms with E-state index in [1.807, 2.05) is 39.5 Å². The highest BCUT2D eigenvalue weighted by molar-refractivity contribution is 7.89. The number of rotatable bonds is 5. The minimum absolute atomic E-state index is 0.0452. The van der Waals surface area contributed by atoms with Gasteiger partial charge in [-0.15, -0.1) is 0 Å². The lowest BCUT2D eigenvalue weighted by Gasteiger charge is -2.37. The van der Waals surface area contributed by atoms with Crippen LogP contribution in [0.1, 0.15) is 53.9 Å². The van der Waals surface area contributed by atoms with Gasteiger partial charge in [0.05, 0.1) is 0 Å². The summed E-state index contributed by atoms with van der Waals surface area (Å²) in [5.41, 5.74) is -0.810. The second-order valence-electron chi connectivity index (χ2n) is 8.48. The molecule has 27 heavy (non-hydrogen) atoms. The van der Waals surface area contributed by atoms with Crippen molar-refractivity contribution in [2.24, 2.45) is 5.14 Å². The van der Waals surface area contributed by atoms with Gasteiger partial charge in [-0.2, -0.15) is 0 Å². The lowest BCUT2D eigenvalue weighted by atomic mass is 10.0. The van der Waals surface area contributed by atoms with Crippen molar-refractivity contribution < 1.29 is 17.9 Å². The van der Waals surface area contributed by atoms with Crippen molar-refractivity contribution in [2.45, 2.75) is 76.1 Å². The van der Waals surface area contributed by atoms with E-state index in [2.05, 4.69) is 10.3 Å². The van der Waals surface area contributed by atoms with Crippen molar-refractivity contribution >= 4 is 21.9 Å². The first-order chi connectivity index (χ1) is 12.3. The average Bonchev–Trinajstić information content (AvgIpc) is 2.80. The van der Waals surface area contributed by atoms with E-state index in [9.17, 15) is 13.2 Å². The fourth-order valence-electron chi connectivity index (χ4n) is 3.28. The predicted octanol–water partition coefficient (Wildman–Crippen LogP) is 2.71. The summed E-state index contributed by atoms with van der Waals surface area (Å²) in [6.45, 7) is 10.2. The van der Waals surface area contributed by atoms with Crippen LogP contribution in [-0.2, 0) is 14.8 Å². The smallest absolute Gasteiger partial charge is 0.410 e. The molecular weight excluding hydrogens is 368 g/mol. The number of likely N-dealkylation sites (tertiary alicyclic amines) is 1. The van der Waals surface area contributed by atoms with E-state index in [1.54, 1.807) is 12.1 Å².